The molecule has 2 aromatic carbocycles. The van der Waals surface area contributed by atoms with E-state index in [0.717, 1.165) is 50.2 Å². The molecule has 1 saturated heterocycles. The Kier molecular flexibility index (Phi) is 4.45. The van der Waals surface area contributed by atoms with E-state index in [1.807, 2.05) is 24.3 Å². The van der Waals surface area contributed by atoms with Crippen molar-refractivity contribution in [1.82, 2.24) is 10.2 Å². The lowest BCUT2D eigenvalue weighted by atomic mass is 9.91. The Balaban J connectivity index is 1.50. The number of amides is 1. The Hall–Kier alpha value is -2.33. The number of likely N-dealkylation sites (tertiary alicyclic amines) is 1. The molecule has 0 aliphatic carbocycles. The molecule has 2 heterocycles. The number of rotatable bonds is 3. The second-order valence-corrected chi connectivity index (χ2v) is 7.67. The quantitative estimate of drug-likeness (QED) is 0.923. The maximum atomic E-state index is 12.7. The number of methoxy groups -OCH3 is 1. The zero-order chi connectivity index (χ0) is 18.1. The summed E-state index contributed by atoms with van der Waals surface area (Å²) in [6.07, 6.45) is 2.95. The number of nitrogens with zero attached hydrogens (tertiary/aromatic N) is 1. The number of hydrogen-bond acceptors (Lipinski definition) is 3. The highest BCUT2D eigenvalue weighted by Gasteiger charge is 2.41. The summed E-state index contributed by atoms with van der Waals surface area (Å²) in [4.78, 5) is 15.2. The van der Waals surface area contributed by atoms with Crippen LogP contribution in [0.5, 0.6) is 5.75 Å². The summed E-state index contributed by atoms with van der Waals surface area (Å²) in [5, 5.41) is 3.35. The summed E-state index contributed by atoms with van der Waals surface area (Å²) < 4.78 is 5.53. The topological polar surface area (TPSA) is 41.6 Å². The van der Waals surface area contributed by atoms with Crippen LogP contribution in [0.3, 0.4) is 0 Å². The first-order valence-corrected chi connectivity index (χ1v) is 9.35. The molecular weight excluding hydrogens is 324 g/mol. The summed E-state index contributed by atoms with van der Waals surface area (Å²) >= 11 is 0. The van der Waals surface area contributed by atoms with Crippen LogP contribution >= 0.6 is 0 Å². The summed E-state index contributed by atoms with van der Waals surface area (Å²) in [6.45, 7) is 4.85. The Morgan fingerprint density at radius 3 is 2.88 bits per heavy atom. The molecule has 4 rings (SSSR count). The molecule has 4 heteroatoms. The van der Waals surface area contributed by atoms with Gasteiger partial charge in [-0.15, -0.1) is 0 Å². The van der Waals surface area contributed by atoms with E-state index in [-0.39, 0.29) is 11.4 Å². The molecule has 2 aliphatic rings. The van der Waals surface area contributed by atoms with Crippen LogP contribution in [0.15, 0.2) is 42.5 Å². The lowest BCUT2D eigenvalue weighted by Crippen LogP contribution is -2.49. The van der Waals surface area contributed by atoms with Crippen LogP contribution in [0.25, 0.3) is 0 Å². The molecule has 0 saturated carbocycles. The van der Waals surface area contributed by atoms with Crippen LogP contribution in [-0.4, -0.2) is 36.5 Å². The molecule has 1 fully saturated rings. The molecule has 1 N–H and O–H groups in total. The maximum Gasteiger partial charge on any atom is 0.252 e. The van der Waals surface area contributed by atoms with Crippen molar-refractivity contribution in [3.05, 3.63) is 64.7 Å². The predicted molar refractivity (Wildman–Crippen MR) is 103 cm³/mol. The van der Waals surface area contributed by atoms with Crippen LogP contribution in [0.2, 0.25) is 0 Å². The van der Waals surface area contributed by atoms with Gasteiger partial charge in [-0.3, -0.25) is 9.69 Å². The summed E-state index contributed by atoms with van der Waals surface area (Å²) in [6, 6.07) is 14.3. The number of hydrogen-bond donors (Lipinski definition) is 1. The van der Waals surface area contributed by atoms with Gasteiger partial charge >= 0.3 is 0 Å². The molecule has 136 valence electrons. The summed E-state index contributed by atoms with van der Waals surface area (Å²) in [7, 11) is 1.72. The molecular formula is C22H26N2O2. The number of aryl methyl sites for hydroxylation is 2. The van der Waals surface area contributed by atoms with Crippen molar-refractivity contribution >= 4 is 5.91 Å². The van der Waals surface area contributed by atoms with Gasteiger partial charge in [0.15, 0.2) is 0 Å². The summed E-state index contributed by atoms with van der Waals surface area (Å²) in [5.41, 5.74) is 4.34. The van der Waals surface area contributed by atoms with Crippen LogP contribution in [0, 0.1) is 6.92 Å². The standard InChI is InChI=1S/C22H26N2O2/c1-16-7-8-20(26-2)18(13-16)14-24-12-11-22(15-24)10-9-17-5-3-4-6-19(17)21(25)23-22/h3-8,13H,9-12,14-15H2,1-2H3,(H,23,25)/t22-/m0/s1. The van der Waals surface area contributed by atoms with E-state index in [1.165, 1.54) is 16.7 Å². The molecule has 26 heavy (non-hydrogen) atoms. The number of fused-ring (bicyclic) bond motifs is 1. The van der Waals surface area contributed by atoms with Gasteiger partial charge in [0.05, 0.1) is 12.6 Å². The lowest BCUT2D eigenvalue weighted by Gasteiger charge is -2.29. The minimum Gasteiger partial charge on any atom is -0.496 e. The minimum absolute atomic E-state index is 0.0769. The molecule has 2 aromatic rings. The van der Waals surface area contributed by atoms with Crippen molar-refractivity contribution in [2.45, 2.75) is 38.3 Å². The van der Waals surface area contributed by atoms with Gasteiger partial charge in [-0.25, -0.2) is 0 Å². The number of ether oxygens (including phenoxy) is 1. The average molecular weight is 350 g/mol. The van der Waals surface area contributed by atoms with Gasteiger partial charge in [0.1, 0.15) is 5.75 Å². The first-order chi connectivity index (χ1) is 12.6. The molecule has 4 nitrogen and oxygen atoms in total. The van der Waals surface area contributed by atoms with E-state index in [0.29, 0.717) is 0 Å². The molecule has 0 bridgehead atoms. The van der Waals surface area contributed by atoms with Crippen molar-refractivity contribution in [1.29, 1.82) is 0 Å². The van der Waals surface area contributed by atoms with E-state index >= 15 is 0 Å². The van der Waals surface area contributed by atoms with Gasteiger partial charge in [-0.05, 0) is 43.9 Å². The van der Waals surface area contributed by atoms with Crippen molar-refractivity contribution in [3.8, 4) is 5.75 Å². The minimum atomic E-state index is -0.118. The molecule has 0 radical (unpaired) electrons. The van der Waals surface area contributed by atoms with Gasteiger partial charge in [0.25, 0.3) is 5.91 Å². The van der Waals surface area contributed by atoms with E-state index in [4.69, 9.17) is 4.74 Å². The number of nitrogens with one attached hydrogen (secondary N) is 1. The Labute approximate surface area is 155 Å². The van der Waals surface area contributed by atoms with Gasteiger partial charge in [-0.2, -0.15) is 0 Å². The number of carbonyl (C=O) groups excluding carboxylic acids is 1. The SMILES string of the molecule is COc1ccc(C)cc1CN1CC[C@@]2(CCc3ccccc3C(=O)N2)C1. The third-order valence-corrected chi connectivity index (χ3v) is 5.78. The fourth-order valence-electron chi connectivity index (χ4n) is 4.38. The van der Waals surface area contributed by atoms with Crippen molar-refractivity contribution in [2.24, 2.45) is 0 Å². The Morgan fingerprint density at radius 2 is 2.04 bits per heavy atom. The number of carbonyl (C=O) groups is 1. The normalized spacial score (nSPS) is 22.8. The van der Waals surface area contributed by atoms with Gasteiger partial charge in [-0.1, -0.05) is 35.9 Å². The van der Waals surface area contributed by atoms with Crippen LogP contribution in [0.1, 0.15) is 39.9 Å². The summed E-state index contributed by atoms with van der Waals surface area (Å²) in [5.74, 6) is 1.02. The van der Waals surface area contributed by atoms with E-state index in [9.17, 15) is 4.79 Å². The fraction of sp³-hybridized carbons (Fsp3) is 0.409. The van der Waals surface area contributed by atoms with E-state index < -0.39 is 0 Å². The monoisotopic (exact) mass is 350 g/mol. The fourth-order valence-corrected chi connectivity index (χ4v) is 4.38. The van der Waals surface area contributed by atoms with Crippen molar-refractivity contribution in [3.63, 3.8) is 0 Å². The largest absolute Gasteiger partial charge is 0.496 e. The third-order valence-electron chi connectivity index (χ3n) is 5.78. The molecule has 1 atom stereocenters. The first-order valence-electron chi connectivity index (χ1n) is 9.35. The van der Waals surface area contributed by atoms with Gasteiger partial charge in [0.2, 0.25) is 0 Å². The van der Waals surface area contributed by atoms with Crippen molar-refractivity contribution in [2.75, 3.05) is 20.2 Å². The van der Waals surface area contributed by atoms with Gasteiger partial charge in [0, 0.05) is 30.8 Å². The Morgan fingerprint density at radius 1 is 1.19 bits per heavy atom. The van der Waals surface area contributed by atoms with Crippen molar-refractivity contribution < 1.29 is 9.53 Å². The highest BCUT2D eigenvalue weighted by atomic mass is 16.5. The van der Waals surface area contributed by atoms with E-state index in [1.54, 1.807) is 7.11 Å². The Bertz CT molecular complexity index is 833. The van der Waals surface area contributed by atoms with E-state index in [2.05, 4.69) is 35.3 Å². The van der Waals surface area contributed by atoms with Crippen LogP contribution < -0.4 is 10.1 Å². The van der Waals surface area contributed by atoms with Gasteiger partial charge < -0.3 is 10.1 Å². The smallest absolute Gasteiger partial charge is 0.252 e. The lowest BCUT2D eigenvalue weighted by molar-refractivity contribution is 0.0902. The molecule has 0 unspecified atom stereocenters. The predicted octanol–water partition coefficient (Wildman–Crippen LogP) is 3.32. The maximum absolute atomic E-state index is 12.7. The second-order valence-electron chi connectivity index (χ2n) is 7.67. The molecule has 1 amide bonds. The second kappa shape index (κ2) is 6.76. The first kappa shape index (κ1) is 17.1. The van der Waals surface area contributed by atoms with Crippen LogP contribution in [0.4, 0.5) is 0 Å². The molecule has 1 spiro atoms. The highest BCUT2D eigenvalue weighted by molar-refractivity contribution is 5.96. The number of benzene rings is 2. The highest BCUT2D eigenvalue weighted by Crippen LogP contribution is 2.32. The molecule has 2 aliphatic heterocycles. The zero-order valence-electron chi connectivity index (χ0n) is 15.5. The zero-order valence-corrected chi connectivity index (χ0v) is 15.5. The third kappa shape index (κ3) is 3.21. The van der Waals surface area contributed by atoms with Crippen LogP contribution in [-0.2, 0) is 13.0 Å². The molecule has 0 aromatic heterocycles. The average Bonchev–Trinajstić information content (AvgIpc) is 2.96.